The van der Waals surface area contributed by atoms with E-state index < -0.39 is 35.0 Å². The quantitative estimate of drug-likeness (QED) is 0.321. The third-order valence-electron chi connectivity index (χ3n) is 9.25. The lowest BCUT2D eigenvalue weighted by Gasteiger charge is -2.52. The molecule has 1 N–H and O–H groups in total. The van der Waals surface area contributed by atoms with Gasteiger partial charge in [0.2, 0.25) is 11.8 Å². The summed E-state index contributed by atoms with van der Waals surface area (Å²) in [5, 5.41) is 3.30. The van der Waals surface area contributed by atoms with Crippen LogP contribution in [0.15, 0.2) is 18.2 Å². The molecule has 5 rings (SSSR count). The van der Waals surface area contributed by atoms with Gasteiger partial charge in [-0.2, -0.15) is 13.2 Å². The summed E-state index contributed by atoms with van der Waals surface area (Å²) in [6, 6.07) is 5.39. The summed E-state index contributed by atoms with van der Waals surface area (Å²) < 4.78 is 79.9. The van der Waals surface area contributed by atoms with Crippen LogP contribution in [-0.2, 0) is 20.9 Å². The lowest BCUT2D eigenvalue weighted by atomic mass is 9.71. The molecule has 2 saturated heterocycles. The Bertz CT molecular complexity index is 1160. The molecule has 1 unspecified atom stereocenters. The van der Waals surface area contributed by atoms with Crippen LogP contribution in [0.2, 0.25) is 0 Å². The Morgan fingerprint density at radius 2 is 1.71 bits per heavy atom. The number of hydrogen-bond donors (Lipinski definition) is 1. The Labute approximate surface area is 237 Å². The van der Waals surface area contributed by atoms with Crippen LogP contribution < -0.4 is 5.32 Å². The highest BCUT2D eigenvalue weighted by molar-refractivity contribution is 5.93. The number of nitrogens with one attached hydrogen (secondary N) is 1. The Hall–Kier alpha value is -2.27. The molecule has 1 aromatic rings. The maximum atomic E-state index is 13.9. The summed E-state index contributed by atoms with van der Waals surface area (Å²) >= 11 is 0. The van der Waals surface area contributed by atoms with Crippen LogP contribution in [0.4, 0.5) is 22.0 Å². The number of likely N-dealkylation sites (tertiary alicyclic amines) is 1. The van der Waals surface area contributed by atoms with E-state index in [0.29, 0.717) is 36.4 Å². The van der Waals surface area contributed by atoms with Crippen LogP contribution in [0.5, 0.6) is 0 Å². The average Bonchev–Trinajstić information content (AvgIpc) is 3.56. The van der Waals surface area contributed by atoms with Crippen molar-refractivity contribution in [1.29, 1.82) is 0 Å². The third kappa shape index (κ3) is 5.98. The van der Waals surface area contributed by atoms with Crippen LogP contribution >= 0.6 is 0 Å². The minimum atomic E-state index is -4.53. The van der Waals surface area contributed by atoms with Gasteiger partial charge in [-0.3, -0.25) is 4.79 Å². The molecule has 0 radical (unpaired) electrons. The molecule has 41 heavy (non-hydrogen) atoms. The number of ether oxygens (including phenoxy) is 2. The number of alkyl halides is 5. The second-order valence-electron chi connectivity index (χ2n) is 13.5. The molecule has 1 amide bonds. The van der Waals surface area contributed by atoms with Gasteiger partial charge in [0.1, 0.15) is 11.0 Å². The van der Waals surface area contributed by atoms with Crippen molar-refractivity contribution in [3.8, 4) is 0 Å². The molecule has 1 atom stereocenters. The first-order valence-electron chi connectivity index (χ1n) is 14.4. The molecular formula is C30H39F5N2O4. The highest BCUT2D eigenvalue weighted by atomic mass is 19.4. The van der Waals surface area contributed by atoms with E-state index in [1.54, 1.807) is 39.0 Å². The molecule has 4 fully saturated rings. The zero-order valence-corrected chi connectivity index (χ0v) is 23.8. The smallest absolute Gasteiger partial charge is 0.403 e. The maximum absolute atomic E-state index is 13.9. The normalized spacial score (nSPS) is 25.2. The van der Waals surface area contributed by atoms with Crippen molar-refractivity contribution >= 4 is 11.9 Å². The van der Waals surface area contributed by atoms with Gasteiger partial charge in [0.25, 0.3) is 0 Å². The third-order valence-corrected chi connectivity index (χ3v) is 9.25. The molecule has 0 bridgehead atoms. The summed E-state index contributed by atoms with van der Waals surface area (Å²) in [5.41, 5.74) is -1.63. The fraction of sp³-hybridized carbons (Fsp3) is 0.733. The van der Waals surface area contributed by atoms with Crippen molar-refractivity contribution in [2.24, 2.45) is 16.7 Å². The van der Waals surface area contributed by atoms with Gasteiger partial charge in [-0.15, -0.1) is 0 Å². The number of rotatable bonds is 7. The maximum Gasteiger partial charge on any atom is 0.403 e. The van der Waals surface area contributed by atoms with Gasteiger partial charge >= 0.3 is 12.1 Å². The number of hydrogen-bond acceptors (Lipinski definition) is 5. The Morgan fingerprint density at radius 3 is 2.29 bits per heavy atom. The van der Waals surface area contributed by atoms with E-state index in [4.69, 9.17) is 9.47 Å². The molecule has 1 spiro atoms. The zero-order valence-electron chi connectivity index (χ0n) is 23.8. The van der Waals surface area contributed by atoms with Gasteiger partial charge in [0.15, 0.2) is 0 Å². The average molecular weight is 587 g/mol. The predicted octanol–water partition coefficient (Wildman–Crippen LogP) is 5.84. The molecule has 11 heteroatoms. The summed E-state index contributed by atoms with van der Waals surface area (Å²) in [7, 11) is 0. The van der Waals surface area contributed by atoms with E-state index in [9.17, 15) is 31.5 Å². The molecule has 2 aliphatic carbocycles. The summed E-state index contributed by atoms with van der Waals surface area (Å²) in [5.74, 6) is -4.23. The summed E-state index contributed by atoms with van der Waals surface area (Å²) in [6.45, 7) is 7.42. The largest absolute Gasteiger partial charge is 0.456 e. The van der Waals surface area contributed by atoms with Crippen LogP contribution in [0, 0.1) is 16.7 Å². The van der Waals surface area contributed by atoms with Gasteiger partial charge in [-0.1, -0.05) is 18.2 Å². The van der Waals surface area contributed by atoms with E-state index in [1.165, 1.54) is 4.90 Å². The second kappa shape index (κ2) is 10.5. The molecule has 2 saturated carbocycles. The van der Waals surface area contributed by atoms with Crippen LogP contribution in [-0.4, -0.2) is 67.3 Å². The van der Waals surface area contributed by atoms with Crippen molar-refractivity contribution in [3.05, 3.63) is 34.9 Å². The number of nitrogens with zero attached hydrogens (tertiary/aromatic N) is 1. The molecule has 0 aromatic heterocycles. The molecule has 2 heterocycles. The molecule has 6 nitrogen and oxygen atoms in total. The van der Waals surface area contributed by atoms with Crippen molar-refractivity contribution in [3.63, 3.8) is 0 Å². The van der Waals surface area contributed by atoms with Gasteiger partial charge in [0.05, 0.1) is 18.8 Å². The SMILES string of the molecule is CC(C)(C)OC(=O)c1c(COCC2CNCC23CN(C(=O)C2(C(F)(F)F)CC2)C3)cccc1C1CCC(F)(F)CC1. The molecule has 228 valence electrons. The number of benzene rings is 1. The lowest BCUT2D eigenvalue weighted by Crippen LogP contribution is -2.64. The van der Waals surface area contributed by atoms with Gasteiger partial charge < -0.3 is 19.7 Å². The minimum absolute atomic E-state index is 0.0127. The number of halogens is 5. The highest BCUT2D eigenvalue weighted by Crippen LogP contribution is 2.60. The van der Waals surface area contributed by atoms with Gasteiger partial charge in [0, 0.05) is 50.4 Å². The number of carbonyl (C=O) groups is 2. The van der Waals surface area contributed by atoms with E-state index in [-0.39, 0.29) is 75.5 Å². The van der Waals surface area contributed by atoms with Gasteiger partial charge in [-0.05, 0) is 63.5 Å². The van der Waals surface area contributed by atoms with Crippen molar-refractivity contribution in [1.82, 2.24) is 10.2 Å². The summed E-state index contributed by atoms with van der Waals surface area (Å²) in [6.07, 6.45) is -4.73. The Balaban J connectivity index is 1.26. The van der Waals surface area contributed by atoms with E-state index in [0.717, 1.165) is 0 Å². The van der Waals surface area contributed by atoms with Crippen LogP contribution in [0.1, 0.15) is 86.7 Å². The van der Waals surface area contributed by atoms with Crippen LogP contribution in [0.3, 0.4) is 0 Å². The fourth-order valence-corrected chi connectivity index (χ4v) is 6.69. The van der Waals surface area contributed by atoms with Crippen molar-refractivity contribution in [2.45, 2.75) is 89.5 Å². The van der Waals surface area contributed by atoms with E-state index >= 15 is 0 Å². The first-order valence-corrected chi connectivity index (χ1v) is 14.4. The topological polar surface area (TPSA) is 67.9 Å². The fourth-order valence-electron chi connectivity index (χ4n) is 6.69. The van der Waals surface area contributed by atoms with Gasteiger partial charge in [-0.25, -0.2) is 13.6 Å². The van der Waals surface area contributed by atoms with E-state index in [2.05, 4.69) is 5.32 Å². The number of carbonyl (C=O) groups excluding carboxylic acids is 2. The molecule has 4 aliphatic rings. The predicted molar refractivity (Wildman–Crippen MR) is 141 cm³/mol. The Kier molecular flexibility index (Phi) is 7.71. The first kappa shape index (κ1) is 30.2. The minimum Gasteiger partial charge on any atom is -0.456 e. The number of amides is 1. The molecule has 2 aliphatic heterocycles. The van der Waals surface area contributed by atoms with Crippen molar-refractivity contribution in [2.75, 3.05) is 32.8 Å². The molecule has 1 aromatic carbocycles. The molecular weight excluding hydrogens is 547 g/mol. The summed E-state index contributed by atoms with van der Waals surface area (Å²) in [4.78, 5) is 27.4. The Morgan fingerprint density at radius 1 is 1.05 bits per heavy atom. The monoisotopic (exact) mass is 586 g/mol. The highest BCUT2D eigenvalue weighted by Gasteiger charge is 2.71. The number of esters is 1. The zero-order chi connectivity index (χ0) is 29.8. The van der Waals surface area contributed by atoms with E-state index in [1.807, 2.05) is 0 Å². The first-order chi connectivity index (χ1) is 19.1. The second-order valence-corrected chi connectivity index (χ2v) is 13.5. The van der Waals surface area contributed by atoms with Crippen LogP contribution in [0.25, 0.3) is 0 Å². The lowest BCUT2D eigenvalue weighted by molar-refractivity contribution is -0.205. The standard InChI is InChI=1S/C30H39F5N2O4/c1-26(2,3)41-24(38)23-20(5-4-6-22(23)19-7-9-29(31,32)10-8-19)14-40-15-21-13-36-16-27(21)17-37(18-27)25(39)28(11-12-28)30(33,34)35/h4-6,19,21,36H,7-18H2,1-3H3. The van der Waals surface area contributed by atoms with Crippen molar-refractivity contribution < 1.29 is 41.0 Å².